The van der Waals surface area contributed by atoms with Crippen LogP contribution in [0.1, 0.15) is 45.8 Å². The minimum absolute atomic E-state index is 0.0479. The highest BCUT2D eigenvalue weighted by molar-refractivity contribution is 5.00. The predicted molar refractivity (Wildman–Crippen MR) is 70.4 cm³/mol. The summed E-state index contributed by atoms with van der Waals surface area (Å²) in [5.74, 6) is 1.52. The van der Waals surface area contributed by atoms with E-state index in [-0.39, 0.29) is 5.41 Å². The smallest absolute Gasteiger partial charge is 0.240 e. The Bertz CT molecular complexity index is 377. The minimum Gasteiger partial charge on any atom is -0.338 e. The van der Waals surface area contributed by atoms with Gasteiger partial charge in [-0.15, -0.1) is 0 Å². The predicted octanol–water partition coefficient (Wildman–Crippen LogP) is 1.55. The molecule has 5 nitrogen and oxygen atoms in total. The molecule has 0 spiro atoms. The van der Waals surface area contributed by atoms with Crippen LogP contribution in [-0.2, 0) is 12.0 Å². The highest BCUT2D eigenvalue weighted by Gasteiger charge is 2.25. The maximum atomic E-state index is 5.36. The third kappa shape index (κ3) is 3.09. The molecule has 1 saturated heterocycles. The van der Waals surface area contributed by atoms with E-state index in [0.29, 0.717) is 6.04 Å². The summed E-state index contributed by atoms with van der Waals surface area (Å²) in [6.07, 6.45) is 1.20. The second kappa shape index (κ2) is 5.36. The Morgan fingerprint density at radius 1 is 1.44 bits per heavy atom. The normalized spacial score (nSPS) is 20.8. The summed E-state index contributed by atoms with van der Waals surface area (Å²) in [4.78, 5) is 6.90. The lowest BCUT2D eigenvalue weighted by Gasteiger charge is -2.24. The van der Waals surface area contributed by atoms with Gasteiger partial charge in [0.15, 0.2) is 5.82 Å². The molecule has 18 heavy (non-hydrogen) atoms. The molecule has 0 bridgehead atoms. The third-order valence-corrected chi connectivity index (χ3v) is 3.43. The molecule has 0 aromatic carbocycles. The first kappa shape index (κ1) is 13.5. The molecule has 2 rings (SSSR count). The first-order valence-electron chi connectivity index (χ1n) is 6.78. The monoisotopic (exact) mass is 252 g/mol. The van der Waals surface area contributed by atoms with Crippen molar-refractivity contribution in [2.75, 3.05) is 19.6 Å². The van der Waals surface area contributed by atoms with Crippen LogP contribution >= 0.6 is 0 Å². The molecule has 1 aromatic heterocycles. The van der Waals surface area contributed by atoms with Gasteiger partial charge in [0, 0.05) is 18.0 Å². The van der Waals surface area contributed by atoms with Gasteiger partial charge in [-0.25, -0.2) is 0 Å². The van der Waals surface area contributed by atoms with Crippen molar-refractivity contribution in [2.24, 2.45) is 0 Å². The third-order valence-electron chi connectivity index (χ3n) is 3.43. The largest absolute Gasteiger partial charge is 0.338 e. The molecule has 1 N–H and O–H groups in total. The molecule has 1 aliphatic heterocycles. The Morgan fingerprint density at radius 2 is 2.22 bits per heavy atom. The second-order valence-corrected chi connectivity index (χ2v) is 5.97. The zero-order valence-corrected chi connectivity index (χ0v) is 11.9. The fourth-order valence-electron chi connectivity index (χ4n) is 2.25. The van der Waals surface area contributed by atoms with Gasteiger partial charge in [0.05, 0.1) is 6.54 Å². The van der Waals surface area contributed by atoms with Gasteiger partial charge in [0.25, 0.3) is 0 Å². The maximum absolute atomic E-state index is 5.36. The van der Waals surface area contributed by atoms with Gasteiger partial charge in [-0.3, -0.25) is 4.90 Å². The van der Waals surface area contributed by atoms with E-state index < -0.39 is 0 Å². The van der Waals surface area contributed by atoms with Crippen molar-refractivity contribution in [1.29, 1.82) is 0 Å². The van der Waals surface area contributed by atoms with Crippen LogP contribution in [0.4, 0.5) is 0 Å². The molecule has 1 fully saturated rings. The van der Waals surface area contributed by atoms with Crippen molar-refractivity contribution in [3.05, 3.63) is 11.7 Å². The number of hydrogen-bond acceptors (Lipinski definition) is 5. The molecule has 0 aliphatic carbocycles. The van der Waals surface area contributed by atoms with Gasteiger partial charge in [0.2, 0.25) is 5.89 Å². The van der Waals surface area contributed by atoms with Crippen LogP contribution in [0.25, 0.3) is 0 Å². The van der Waals surface area contributed by atoms with Crippen LogP contribution in [0.3, 0.4) is 0 Å². The Balaban J connectivity index is 2.01. The van der Waals surface area contributed by atoms with E-state index in [1.54, 1.807) is 0 Å². The summed E-state index contributed by atoms with van der Waals surface area (Å²) in [6.45, 7) is 12.4. The first-order chi connectivity index (χ1) is 8.50. The van der Waals surface area contributed by atoms with Crippen molar-refractivity contribution < 1.29 is 4.52 Å². The van der Waals surface area contributed by atoms with E-state index >= 15 is 0 Å². The van der Waals surface area contributed by atoms with Crippen LogP contribution in [0.5, 0.6) is 0 Å². The fourth-order valence-corrected chi connectivity index (χ4v) is 2.25. The van der Waals surface area contributed by atoms with Crippen molar-refractivity contribution in [3.8, 4) is 0 Å². The number of rotatable bonds is 4. The van der Waals surface area contributed by atoms with E-state index in [1.165, 1.54) is 6.42 Å². The van der Waals surface area contributed by atoms with E-state index in [1.807, 2.05) is 0 Å². The van der Waals surface area contributed by atoms with Crippen molar-refractivity contribution >= 4 is 0 Å². The number of likely N-dealkylation sites (N-methyl/N-ethyl adjacent to an activating group) is 1. The maximum Gasteiger partial charge on any atom is 0.240 e. The molecule has 1 aliphatic rings. The van der Waals surface area contributed by atoms with Gasteiger partial charge in [-0.05, 0) is 19.5 Å². The Labute approximate surface area is 109 Å². The summed E-state index contributed by atoms with van der Waals surface area (Å²) >= 11 is 0. The lowest BCUT2D eigenvalue weighted by Crippen LogP contribution is -2.36. The summed E-state index contributed by atoms with van der Waals surface area (Å²) in [5.41, 5.74) is -0.0479. The van der Waals surface area contributed by atoms with Crippen LogP contribution in [0.15, 0.2) is 4.52 Å². The molecule has 0 amide bonds. The Morgan fingerprint density at radius 3 is 2.72 bits per heavy atom. The zero-order chi connectivity index (χ0) is 13.2. The SMILES string of the molecule is CCN(Cc1nc(C(C)(C)C)no1)C1CCNC1. The van der Waals surface area contributed by atoms with Crippen LogP contribution in [-0.4, -0.2) is 40.7 Å². The molecule has 0 radical (unpaired) electrons. The number of nitrogens with one attached hydrogen (secondary N) is 1. The molecule has 2 heterocycles. The van der Waals surface area contributed by atoms with Crippen LogP contribution in [0, 0.1) is 0 Å². The van der Waals surface area contributed by atoms with Crippen molar-refractivity contribution in [1.82, 2.24) is 20.4 Å². The lowest BCUT2D eigenvalue weighted by atomic mass is 9.96. The van der Waals surface area contributed by atoms with Gasteiger partial charge in [0.1, 0.15) is 0 Å². The van der Waals surface area contributed by atoms with Crippen molar-refractivity contribution in [3.63, 3.8) is 0 Å². The summed E-state index contributed by atoms with van der Waals surface area (Å²) in [7, 11) is 0. The summed E-state index contributed by atoms with van der Waals surface area (Å²) < 4.78 is 5.36. The molecule has 1 unspecified atom stereocenters. The number of hydrogen-bond donors (Lipinski definition) is 1. The standard InChI is InChI=1S/C13H24N4O/c1-5-17(10-6-7-14-8-10)9-11-15-12(16-18-11)13(2,3)4/h10,14H,5-9H2,1-4H3. The van der Waals surface area contributed by atoms with Gasteiger partial charge in [-0.1, -0.05) is 32.9 Å². The topological polar surface area (TPSA) is 54.2 Å². The number of nitrogens with zero attached hydrogens (tertiary/aromatic N) is 3. The first-order valence-corrected chi connectivity index (χ1v) is 6.78. The molecule has 1 atom stereocenters. The minimum atomic E-state index is -0.0479. The Kier molecular flexibility index (Phi) is 4.02. The van der Waals surface area contributed by atoms with Gasteiger partial charge < -0.3 is 9.84 Å². The Hall–Kier alpha value is -0.940. The van der Waals surface area contributed by atoms with E-state index in [0.717, 1.165) is 37.9 Å². The van der Waals surface area contributed by atoms with Crippen LogP contribution in [0.2, 0.25) is 0 Å². The summed E-state index contributed by atoms with van der Waals surface area (Å²) in [6, 6.07) is 0.597. The molecular weight excluding hydrogens is 228 g/mol. The molecule has 1 aromatic rings. The molecular formula is C13H24N4O. The van der Waals surface area contributed by atoms with Crippen LogP contribution < -0.4 is 5.32 Å². The van der Waals surface area contributed by atoms with E-state index in [9.17, 15) is 0 Å². The quantitative estimate of drug-likeness (QED) is 0.881. The molecule has 0 saturated carbocycles. The molecule has 102 valence electrons. The average Bonchev–Trinajstić information content (AvgIpc) is 2.95. The zero-order valence-electron chi connectivity index (χ0n) is 11.9. The van der Waals surface area contributed by atoms with Crippen molar-refractivity contribution in [2.45, 2.75) is 52.1 Å². The fraction of sp³-hybridized carbons (Fsp3) is 0.846. The van der Waals surface area contributed by atoms with E-state index in [4.69, 9.17) is 4.52 Å². The summed E-state index contributed by atoms with van der Waals surface area (Å²) in [5, 5.41) is 7.47. The second-order valence-electron chi connectivity index (χ2n) is 5.97. The highest BCUT2D eigenvalue weighted by Crippen LogP contribution is 2.19. The van der Waals surface area contributed by atoms with Gasteiger partial charge in [-0.2, -0.15) is 4.98 Å². The highest BCUT2D eigenvalue weighted by atomic mass is 16.5. The lowest BCUT2D eigenvalue weighted by molar-refractivity contribution is 0.183. The average molecular weight is 252 g/mol. The van der Waals surface area contributed by atoms with E-state index in [2.05, 4.69) is 48.1 Å². The number of aromatic nitrogens is 2. The van der Waals surface area contributed by atoms with Gasteiger partial charge >= 0.3 is 0 Å². The molecule has 5 heteroatoms.